The molecule has 0 aliphatic carbocycles. The third-order valence-corrected chi connectivity index (χ3v) is 3.05. The first-order valence-corrected chi connectivity index (χ1v) is 5.87. The lowest BCUT2D eigenvalue weighted by Crippen LogP contribution is -2.44. The zero-order valence-corrected chi connectivity index (χ0v) is 9.91. The van der Waals surface area contributed by atoms with Gasteiger partial charge in [-0.05, 0) is 26.4 Å². The lowest BCUT2D eigenvalue weighted by molar-refractivity contribution is -0.133. The largest absolute Gasteiger partial charge is 0.338 e. The molecule has 15 heavy (non-hydrogen) atoms. The molecule has 1 fully saturated rings. The minimum atomic E-state index is 0.222. The molecule has 4 nitrogen and oxygen atoms in total. The normalized spacial score (nSPS) is 23.9. The molecule has 0 aromatic heterocycles. The Bertz CT molecular complexity index is 208. The van der Waals surface area contributed by atoms with Crippen LogP contribution < -0.4 is 5.73 Å². The maximum atomic E-state index is 11.9. The summed E-state index contributed by atoms with van der Waals surface area (Å²) in [4.78, 5) is 16.2. The van der Waals surface area contributed by atoms with Gasteiger partial charge in [0.25, 0.3) is 0 Å². The van der Waals surface area contributed by atoms with Gasteiger partial charge in [0.2, 0.25) is 5.91 Å². The number of carbonyl (C=O) groups excluding carboxylic acids is 1. The number of nitrogens with zero attached hydrogens (tertiary/aromatic N) is 2. The molecule has 88 valence electrons. The molecule has 4 heteroatoms. The SMILES string of the molecule is CCC1CN(C)CCCN1C(=O)CCN. The number of rotatable bonds is 3. The van der Waals surface area contributed by atoms with Gasteiger partial charge in [0.05, 0.1) is 0 Å². The molecule has 1 aliphatic rings. The first-order chi connectivity index (χ1) is 7.19. The maximum Gasteiger partial charge on any atom is 0.224 e. The van der Waals surface area contributed by atoms with Crippen molar-refractivity contribution in [3.63, 3.8) is 0 Å². The number of carbonyl (C=O) groups is 1. The van der Waals surface area contributed by atoms with E-state index in [-0.39, 0.29) is 5.91 Å². The van der Waals surface area contributed by atoms with E-state index in [0.717, 1.165) is 32.5 Å². The number of hydrogen-bond donors (Lipinski definition) is 1. The first kappa shape index (κ1) is 12.5. The van der Waals surface area contributed by atoms with Gasteiger partial charge in [0.15, 0.2) is 0 Å². The van der Waals surface area contributed by atoms with Crippen LogP contribution in [-0.4, -0.2) is 55.0 Å². The van der Waals surface area contributed by atoms with Crippen molar-refractivity contribution < 1.29 is 4.79 Å². The molecule has 1 rings (SSSR count). The van der Waals surface area contributed by atoms with Gasteiger partial charge in [0, 0.05) is 32.1 Å². The van der Waals surface area contributed by atoms with E-state index in [1.165, 1.54) is 0 Å². The second kappa shape index (κ2) is 6.08. The summed E-state index contributed by atoms with van der Waals surface area (Å²) in [6.07, 6.45) is 2.59. The maximum absolute atomic E-state index is 11.9. The molecular weight excluding hydrogens is 190 g/mol. The van der Waals surface area contributed by atoms with Gasteiger partial charge in [-0.3, -0.25) is 4.79 Å². The Hall–Kier alpha value is -0.610. The molecule has 1 saturated heterocycles. The highest BCUT2D eigenvalue weighted by Gasteiger charge is 2.25. The first-order valence-electron chi connectivity index (χ1n) is 5.87. The second-order valence-corrected chi connectivity index (χ2v) is 4.30. The van der Waals surface area contributed by atoms with Crippen LogP contribution >= 0.6 is 0 Å². The van der Waals surface area contributed by atoms with E-state index >= 15 is 0 Å². The minimum Gasteiger partial charge on any atom is -0.338 e. The van der Waals surface area contributed by atoms with Crippen LogP contribution in [0.5, 0.6) is 0 Å². The highest BCUT2D eigenvalue weighted by atomic mass is 16.2. The summed E-state index contributed by atoms with van der Waals surface area (Å²) >= 11 is 0. The molecule has 0 spiro atoms. The van der Waals surface area contributed by atoms with Crippen LogP contribution in [0.1, 0.15) is 26.2 Å². The molecule has 2 N–H and O–H groups in total. The van der Waals surface area contributed by atoms with E-state index in [9.17, 15) is 4.79 Å². The highest BCUT2D eigenvalue weighted by Crippen LogP contribution is 2.12. The van der Waals surface area contributed by atoms with Gasteiger partial charge in [-0.15, -0.1) is 0 Å². The number of likely N-dealkylation sites (N-methyl/N-ethyl adjacent to an activating group) is 1. The Labute approximate surface area is 92.4 Å². The van der Waals surface area contributed by atoms with Crippen molar-refractivity contribution in [2.75, 3.05) is 33.2 Å². The van der Waals surface area contributed by atoms with Crippen LogP contribution in [0.4, 0.5) is 0 Å². The predicted molar refractivity (Wildman–Crippen MR) is 61.6 cm³/mol. The van der Waals surface area contributed by atoms with E-state index in [0.29, 0.717) is 19.0 Å². The number of hydrogen-bond acceptors (Lipinski definition) is 3. The van der Waals surface area contributed by atoms with Crippen LogP contribution in [0.15, 0.2) is 0 Å². The zero-order valence-electron chi connectivity index (χ0n) is 9.91. The smallest absolute Gasteiger partial charge is 0.224 e. The average Bonchev–Trinajstić information content (AvgIpc) is 2.39. The molecule has 1 amide bonds. The molecule has 1 aliphatic heterocycles. The molecule has 0 saturated carbocycles. The standard InChI is InChI=1S/C11H23N3O/c1-3-10-9-13(2)7-4-8-14(10)11(15)5-6-12/h10H,3-9,12H2,1-2H3. The Balaban J connectivity index is 2.62. The topological polar surface area (TPSA) is 49.6 Å². The Morgan fingerprint density at radius 3 is 2.80 bits per heavy atom. The van der Waals surface area contributed by atoms with Gasteiger partial charge in [-0.1, -0.05) is 6.92 Å². The third kappa shape index (κ3) is 3.47. The molecule has 1 atom stereocenters. The van der Waals surface area contributed by atoms with E-state index in [1.54, 1.807) is 0 Å². The van der Waals surface area contributed by atoms with Crippen molar-refractivity contribution in [3.8, 4) is 0 Å². The average molecular weight is 213 g/mol. The van der Waals surface area contributed by atoms with E-state index in [1.807, 2.05) is 4.90 Å². The third-order valence-electron chi connectivity index (χ3n) is 3.05. The molecule has 1 unspecified atom stereocenters. The highest BCUT2D eigenvalue weighted by molar-refractivity contribution is 5.76. The molecule has 0 aromatic carbocycles. The summed E-state index contributed by atoms with van der Waals surface area (Å²) in [7, 11) is 2.12. The predicted octanol–water partition coefficient (Wildman–Crippen LogP) is 0.278. The van der Waals surface area contributed by atoms with Crippen molar-refractivity contribution in [1.82, 2.24) is 9.80 Å². The van der Waals surface area contributed by atoms with Crippen molar-refractivity contribution in [1.29, 1.82) is 0 Å². The van der Waals surface area contributed by atoms with Gasteiger partial charge in [0.1, 0.15) is 0 Å². The molecule has 0 radical (unpaired) electrons. The number of nitrogens with two attached hydrogens (primary N) is 1. The second-order valence-electron chi connectivity index (χ2n) is 4.30. The van der Waals surface area contributed by atoms with Crippen LogP contribution in [0.2, 0.25) is 0 Å². The van der Waals surface area contributed by atoms with Crippen molar-refractivity contribution >= 4 is 5.91 Å². The summed E-state index contributed by atoms with van der Waals surface area (Å²) in [5, 5.41) is 0. The molecule has 0 aromatic rings. The number of amides is 1. The lowest BCUT2D eigenvalue weighted by atomic mass is 10.1. The van der Waals surface area contributed by atoms with Gasteiger partial charge in [-0.25, -0.2) is 0 Å². The Morgan fingerprint density at radius 1 is 1.47 bits per heavy atom. The fourth-order valence-electron chi connectivity index (χ4n) is 2.19. The Morgan fingerprint density at radius 2 is 2.20 bits per heavy atom. The van der Waals surface area contributed by atoms with Gasteiger partial charge >= 0.3 is 0 Å². The summed E-state index contributed by atoms with van der Waals surface area (Å²) in [5.74, 6) is 0.222. The summed E-state index contributed by atoms with van der Waals surface area (Å²) < 4.78 is 0. The summed E-state index contributed by atoms with van der Waals surface area (Å²) in [6, 6.07) is 0.372. The molecular formula is C11H23N3O. The van der Waals surface area contributed by atoms with Crippen molar-refractivity contribution in [2.24, 2.45) is 5.73 Å². The van der Waals surface area contributed by atoms with E-state index < -0.39 is 0 Å². The molecule has 0 bridgehead atoms. The van der Waals surface area contributed by atoms with Crippen molar-refractivity contribution in [2.45, 2.75) is 32.2 Å². The van der Waals surface area contributed by atoms with Crippen LogP contribution in [0, 0.1) is 0 Å². The van der Waals surface area contributed by atoms with Crippen LogP contribution in [0.3, 0.4) is 0 Å². The molecule has 1 heterocycles. The quantitative estimate of drug-likeness (QED) is 0.732. The van der Waals surface area contributed by atoms with Gasteiger partial charge < -0.3 is 15.5 Å². The Kier molecular flexibility index (Phi) is 5.05. The summed E-state index contributed by atoms with van der Waals surface area (Å²) in [6.45, 7) is 5.57. The monoisotopic (exact) mass is 213 g/mol. The minimum absolute atomic E-state index is 0.222. The van der Waals surface area contributed by atoms with Gasteiger partial charge in [-0.2, -0.15) is 0 Å². The van der Waals surface area contributed by atoms with Crippen molar-refractivity contribution in [3.05, 3.63) is 0 Å². The zero-order chi connectivity index (χ0) is 11.3. The van der Waals surface area contributed by atoms with Crippen LogP contribution in [-0.2, 0) is 4.79 Å². The lowest BCUT2D eigenvalue weighted by Gasteiger charge is -2.30. The van der Waals surface area contributed by atoms with E-state index in [2.05, 4.69) is 18.9 Å². The van der Waals surface area contributed by atoms with E-state index in [4.69, 9.17) is 5.73 Å². The fraction of sp³-hybridized carbons (Fsp3) is 0.909. The fourth-order valence-corrected chi connectivity index (χ4v) is 2.19. The summed E-state index contributed by atoms with van der Waals surface area (Å²) in [5.41, 5.74) is 5.43. The van der Waals surface area contributed by atoms with Crippen LogP contribution in [0.25, 0.3) is 0 Å².